The van der Waals surface area contributed by atoms with Crippen LogP contribution < -0.4 is 5.73 Å². The van der Waals surface area contributed by atoms with Crippen molar-refractivity contribution >= 4 is 5.91 Å². The summed E-state index contributed by atoms with van der Waals surface area (Å²) in [7, 11) is 0. The van der Waals surface area contributed by atoms with Crippen molar-refractivity contribution in [2.24, 2.45) is 11.7 Å². The van der Waals surface area contributed by atoms with E-state index in [0.717, 1.165) is 18.9 Å². The maximum atomic E-state index is 12.9. The molecule has 0 spiro atoms. The summed E-state index contributed by atoms with van der Waals surface area (Å²) in [5, 5.41) is 0. The molecule has 2 N–H and O–H groups in total. The number of halogens is 3. The summed E-state index contributed by atoms with van der Waals surface area (Å²) in [5.41, 5.74) is 4.43. The average Bonchev–Trinajstić information content (AvgIpc) is 2.45. The van der Waals surface area contributed by atoms with Crippen LogP contribution in [0.1, 0.15) is 28.8 Å². The number of nitrogens with two attached hydrogens (primary N) is 1. The summed E-state index contributed by atoms with van der Waals surface area (Å²) in [6.45, 7) is 1.37. The smallest absolute Gasteiger partial charge is 0.338 e. The highest BCUT2D eigenvalue weighted by atomic mass is 19.4. The lowest BCUT2D eigenvalue weighted by molar-refractivity contribution is -0.138. The van der Waals surface area contributed by atoms with Gasteiger partial charge in [0.25, 0.3) is 5.91 Å². The van der Waals surface area contributed by atoms with E-state index in [1.165, 1.54) is 23.1 Å². The number of nitrogens with zero attached hydrogens (tertiary/aromatic N) is 1. The van der Waals surface area contributed by atoms with E-state index in [2.05, 4.69) is 0 Å². The molecule has 1 aromatic rings. The Bertz CT molecular complexity index is 488. The molecule has 1 aliphatic heterocycles. The van der Waals surface area contributed by atoms with Crippen LogP contribution in [-0.2, 0) is 6.18 Å². The van der Waals surface area contributed by atoms with Crippen molar-refractivity contribution in [3.05, 3.63) is 35.4 Å². The van der Waals surface area contributed by atoms with Crippen LogP contribution >= 0.6 is 0 Å². The summed E-state index contributed by atoms with van der Waals surface area (Å²) < 4.78 is 38.8. The van der Waals surface area contributed by atoms with Crippen molar-refractivity contribution in [1.29, 1.82) is 0 Å². The van der Waals surface area contributed by atoms with Gasteiger partial charge in [0, 0.05) is 13.1 Å². The fourth-order valence-corrected chi connectivity index (χ4v) is 2.53. The second-order valence-corrected chi connectivity index (χ2v) is 5.04. The Kier molecular flexibility index (Phi) is 4.32. The molecule has 1 atom stereocenters. The fourth-order valence-electron chi connectivity index (χ4n) is 2.53. The number of carbonyl (C=O) groups is 1. The number of benzene rings is 1. The van der Waals surface area contributed by atoms with Gasteiger partial charge >= 0.3 is 6.18 Å². The molecule has 0 saturated carbocycles. The predicted octanol–water partition coefficient (Wildman–Crippen LogP) is 2.52. The minimum atomic E-state index is -4.52. The number of rotatable bonds is 2. The van der Waals surface area contributed by atoms with Crippen molar-refractivity contribution in [1.82, 2.24) is 4.90 Å². The predicted molar refractivity (Wildman–Crippen MR) is 69.1 cm³/mol. The lowest BCUT2D eigenvalue weighted by atomic mass is 9.97. The molecular weight excluding hydrogens is 269 g/mol. The number of likely N-dealkylation sites (tertiary alicyclic amines) is 1. The molecule has 1 aliphatic rings. The van der Waals surface area contributed by atoms with Gasteiger partial charge < -0.3 is 10.6 Å². The van der Waals surface area contributed by atoms with Crippen LogP contribution in [-0.4, -0.2) is 30.4 Å². The van der Waals surface area contributed by atoms with E-state index in [4.69, 9.17) is 5.73 Å². The second-order valence-electron chi connectivity index (χ2n) is 5.04. The van der Waals surface area contributed by atoms with E-state index in [9.17, 15) is 18.0 Å². The molecule has 0 radical (unpaired) electrons. The number of piperidine rings is 1. The van der Waals surface area contributed by atoms with E-state index >= 15 is 0 Å². The maximum Gasteiger partial charge on any atom is 0.417 e. The summed E-state index contributed by atoms with van der Waals surface area (Å²) >= 11 is 0. The van der Waals surface area contributed by atoms with Crippen molar-refractivity contribution in [2.45, 2.75) is 19.0 Å². The molecule has 110 valence electrons. The Hall–Kier alpha value is -1.56. The van der Waals surface area contributed by atoms with Crippen LogP contribution in [0.25, 0.3) is 0 Å². The Morgan fingerprint density at radius 1 is 1.35 bits per heavy atom. The molecule has 0 bridgehead atoms. The molecule has 0 aliphatic carbocycles. The van der Waals surface area contributed by atoms with Crippen molar-refractivity contribution in [2.75, 3.05) is 19.6 Å². The van der Waals surface area contributed by atoms with Gasteiger partial charge in [0.1, 0.15) is 0 Å². The first-order valence-corrected chi connectivity index (χ1v) is 6.59. The van der Waals surface area contributed by atoms with Gasteiger partial charge in [0.15, 0.2) is 0 Å². The summed E-state index contributed by atoms with van der Waals surface area (Å²) in [4.78, 5) is 13.8. The highest BCUT2D eigenvalue weighted by molar-refractivity contribution is 5.96. The molecule has 1 saturated heterocycles. The summed E-state index contributed by atoms with van der Waals surface area (Å²) in [5.74, 6) is -0.387. The lowest BCUT2D eigenvalue weighted by Crippen LogP contribution is -2.42. The topological polar surface area (TPSA) is 46.3 Å². The first-order chi connectivity index (χ1) is 9.43. The molecule has 1 aromatic carbocycles. The van der Waals surface area contributed by atoms with Crippen LogP contribution in [0.4, 0.5) is 13.2 Å². The van der Waals surface area contributed by atoms with Gasteiger partial charge in [-0.2, -0.15) is 13.2 Å². The van der Waals surface area contributed by atoms with Gasteiger partial charge in [-0.15, -0.1) is 0 Å². The Morgan fingerprint density at radius 3 is 2.70 bits per heavy atom. The lowest BCUT2D eigenvalue weighted by Gasteiger charge is -2.32. The number of amides is 1. The third-order valence-corrected chi connectivity index (χ3v) is 3.60. The quantitative estimate of drug-likeness (QED) is 0.908. The number of hydrogen-bond acceptors (Lipinski definition) is 2. The van der Waals surface area contributed by atoms with Crippen LogP contribution in [0, 0.1) is 5.92 Å². The molecule has 20 heavy (non-hydrogen) atoms. The molecule has 1 amide bonds. The van der Waals surface area contributed by atoms with Gasteiger partial charge in [0.2, 0.25) is 0 Å². The molecular formula is C14H17F3N2O. The van der Waals surface area contributed by atoms with Crippen LogP contribution in [0.2, 0.25) is 0 Å². The molecule has 0 aromatic heterocycles. The molecule has 1 heterocycles. The van der Waals surface area contributed by atoms with E-state index < -0.39 is 17.6 Å². The molecule has 3 nitrogen and oxygen atoms in total. The Balaban J connectivity index is 2.25. The Labute approximate surface area is 115 Å². The zero-order valence-electron chi connectivity index (χ0n) is 11.0. The third kappa shape index (κ3) is 3.12. The molecule has 6 heteroatoms. The standard InChI is InChI=1S/C14H17F3N2O/c15-14(16,17)12-6-2-1-5-11(12)13(20)19-7-3-4-10(8-18)9-19/h1-2,5-6,10H,3-4,7-9,18H2. The van der Waals surface area contributed by atoms with E-state index in [-0.39, 0.29) is 11.5 Å². The van der Waals surface area contributed by atoms with Crippen molar-refractivity contribution < 1.29 is 18.0 Å². The number of carbonyl (C=O) groups excluding carboxylic acids is 1. The second kappa shape index (κ2) is 5.83. The highest BCUT2D eigenvalue weighted by Gasteiger charge is 2.36. The van der Waals surface area contributed by atoms with E-state index in [0.29, 0.717) is 19.6 Å². The Morgan fingerprint density at radius 2 is 2.05 bits per heavy atom. The van der Waals surface area contributed by atoms with Gasteiger partial charge in [-0.05, 0) is 37.4 Å². The van der Waals surface area contributed by atoms with Crippen molar-refractivity contribution in [3.8, 4) is 0 Å². The third-order valence-electron chi connectivity index (χ3n) is 3.60. The normalized spacial score (nSPS) is 20.0. The summed E-state index contributed by atoms with van der Waals surface area (Å²) in [6, 6.07) is 4.92. The van der Waals surface area contributed by atoms with Crippen LogP contribution in [0.3, 0.4) is 0 Å². The van der Waals surface area contributed by atoms with Gasteiger partial charge in [-0.3, -0.25) is 4.79 Å². The van der Waals surface area contributed by atoms with E-state index in [1.54, 1.807) is 0 Å². The van der Waals surface area contributed by atoms with Crippen molar-refractivity contribution in [3.63, 3.8) is 0 Å². The largest absolute Gasteiger partial charge is 0.417 e. The molecule has 1 fully saturated rings. The average molecular weight is 286 g/mol. The van der Waals surface area contributed by atoms with Gasteiger partial charge in [-0.25, -0.2) is 0 Å². The molecule has 1 unspecified atom stereocenters. The van der Waals surface area contributed by atoms with Gasteiger partial charge in [-0.1, -0.05) is 12.1 Å². The van der Waals surface area contributed by atoms with Crippen LogP contribution in [0.15, 0.2) is 24.3 Å². The van der Waals surface area contributed by atoms with E-state index in [1.807, 2.05) is 0 Å². The zero-order valence-corrected chi connectivity index (χ0v) is 11.0. The van der Waals surface area contributed by atoms with Gasteiger partial charge in [0.05, 0.1) is 11.1 Å². The highest BCUT2D eigenvalue weighted by Crippen LogP contribution is 2.32. The first-order valence-electron chi connectivity index (χ1n) is 6.59. The SMILES string of the molecule is NCC1CCCN(C(=O)c2ccccc2C(F)(F)F)C1. The zero-order chi connectivity index (χ0) is 14.8. The minimum Gasteiger partial charge on any atom is -0.338 e. The number of hydrogen-bond donors (Lipinski definition) is 1. The first kappa shape index (κ1) is 14.8. The minimum absolute atomic E-state index is 0.172. The fraction of sp³-hybridized carbons (Fsp3) is 0.500. The van der Waals surface area contributed by atoms with Crippen LogP contribution in [0.5, 0.6) is 0 Å². The molecule has 2 rings (SSSR count). The monoisotopic (exact) mass is 286 g/mol. The summed E-state index contributed by atoms with van der Waals surface area (Å²) in [6.07, 6.45) is -2.82. The maximum absolute atomic E-state index is 12.9. The number of alkyl halides is 3.